The van der Waals surface area contributed by atoms with Gasteiger partial charge in [0.2, 0.25) is 0 Å². The summed E-state index contributed by atoms with van der Waals surface area (Å²) in [5, 5.41) is 0. The van der Waals surface area contributed by atoms with Crippen molar-refractivity contribution in [3.63, 3.8) is 0 Å². The molecule has 0 amide bonds. The Kier molecular flexibility index (Phi) is 3.60. The molecule has 0 spiro atoms. The molecule has 0 heterocycles. The van der Waals surface area contributed by atoms with Crippen LogP contribution >= 0.6 is 22.6 Å². The normalized spacial score (nSPS) is 16.9. The molecule has 7 heavy (non-hydrogen) atoms. The van der Waals surface area contributed by atoms with Crippen molar-refractivity contribution in [2.75, 3.05) is 0 Å². The van der Waals surface area contributed by atoms with Gasteiger partial charge in [-0.15, -0.1) is 0 Å². The molecule has 0 saturated heterocycles. The maximum absolute atomic E-state index is 12.0. The number of hydrogen-bond acceptors (Lipinski definition) is 0. The monoisotopic (exact) mass is 214 g/mol. The van der Waals surface area contributed by atoms with Gasteiger partial charge in [-0.1, -0.05) is 6.08 Å². The zero-order chi connectivity index (χ0) is 5.86. The number of hydrogen-bond donors (Lipinski definition) is 0. The van der Waals surface area contributed by atoms with E-state index < -0.39 is 4.18 Å². The van der Waals surface area contributed by atoms with Gasteiger partial charge < -0.3 is 0 Å². The Hall–Kier alpha value is 0.400. The van der Waals surface area contributed by atoms with Crippen LogP contribution in [0.4, 0.5) is 4.39 Å². The number of alkyl halides is 2. The van der Waals surface area contributed by atoms with Crippen LogP contribution in [0.5, 0.6) is 0 Å². The van der Waals surface area contributed by atoms with E-state index in [9.17, 15) is 4.39 Å². The van der Waals surface area contributed by atoms with Gasteiger partial charge in [0.15, 0.2) is 4.18 Å². The zero-order valence-electron chi connectivity index (χ0n) is 4.41. The molecule has 0 nitrogen and oxygen atoms in total. The Bertz CT molecular complexity index is 76.1. The lowest BCUT2D eigenvalue weighted by molar-refractivity contribution is 0.520. The maximum atomic E-state index is 12.0. The van der Waals surface area contributed by atoms with Gasteiger partial charge in [-0.25, -0.2) is 4.39 Å². The molecular weight excluding hydrogens is 206 g/mol. The highest BCUT2D eigenvalue weighted by molar-refractivity contribution is 14.1. The van der Waals surface area contributed by atoms with Crippen LogP contribution in [-0.2, 0) is 0 Å². The number of allylic oxidation sites excluding steroid dienone is 2. The minimum absolute atomic E-state index is 0.792. The van der Waals surface area contributed by atoms with Crippen molar-refractivity contribution < 1.29 is 4.39 Å². The topological polar surface area (TPSA) is 0 Å². The summed E-state index contributed by atoms with van der Waals surface area (Å²) in [6.07, 6.45) is 1.77. The van der Waals surface area contributed by atoms with Crippen molar-refractivity contribution in [1.29, 1.82) is 0 Å². The first kappa shape index (κ1) is 7.40. The molecule has 1 atom stereocenters. The summed E-state index contributed by atoms with van der Waals surface area (Å²) in [7, 11) is 0. The van der Waals surface area contributed by atoms with Crippen molar-refractivity contribution in [3.8, 4) is 0 Å². The lowest BCUT2D eigenvalue weighted by Gasteiger charge is -1.94. The predicted octanol–water partition coefficient (Wildman–Crippen LogP) is 2.68. The molecule has 0 aromatic rings. The van der Waals surface area contributed by atoms with Gasteiger partial charge in [-0.05, 0) is 42.0 Å². The molecule has 0 aliphatic rings. The van der Waals surface area contributed by atoms with E-state index in [0.717, 1.165) is 5.57 Å². The first-order valence-corrected chi connectivity index (χ1v) is 3.34. The summed E-state index contributed by atoms with van der Waals surface area (Å²) in [5.74, 6) is 0. The highest BCUT2D eigenvalue weighted by Crippen LogP contribution is 2.11. The summed E-state index contributed by atoms with van der Waals surface area (Å²) in [6, 6.07) is 0. The van der Waals surface area contributed by atoms with Crippen LogP contribution in [0.15, 0.2) is 11.6 Å². The Morgan fingerprint density at radius 2 is 2.29 bits per heavy atom. The second-order valence-corrected chi connectivity index (χ2v) is 2.43. The predicted molar refractivity (Wildman–Crippen MR) is 38.3 cm³/mol. The van der Waals surface area contributed by atoms with E-state index in [1.807, 2.05) is 6.92 Å². The fraction of sp³-hybridized carbons (Fsp3) is 0.600. The molecule has 42 valence electrons. The Balaban J connectivity index is 3.56. The molecule has 0 aromatic heterocycles. The van der Waals surface area contributed by atoms with Crippen molar-refractivity contribution in [1.82, 2.24) is 0 Å². The second kappa shape index (κ2) is 3.41. The maximum Gasteiger partial charge on any atom is 0.171 e. The van der Waals surface area contributed by atoms with Crippen LogP contribution in [-0.4, -0.2) is 4.18 Å². The van der Waals surface area contributed by atoms with Gasteiger partial charge in [0, 0.05) is 0 Å². The van der Waals surface area contributed by atoms with Gasteiger partial charge in [0.05, 0.1) is 0 Å². The van der Waals surface area contributed by atoms with Crippen LogP contribution < -0.4 is 0 Å². The van der Waals surface area contributed by atoms with Gasteiger partial charge >= 0.3 is 0 Å². The quantitative estimate of drug-likeness (QED) is 0.357. The van der Waals surface area contributed by atoms with Gasteiger partial charge in [0.1, 0.15) is 0 Å². The van der Waals surface area contributed by atoms with Crippen LogP contribution in [0.25, 0.3) is 0 Å². The van der Waals surface area contributed by atoms with Crippen molar-refractivity contribution in [2.45, 2.75) is 18.0 Å². The van der Waals surface area contributed by atoms with Gasteiger partial charge in [0.25, 0.3) is 0 Å². The second-order valence-electron chi connectivity index (χ2n) is 1.33. The standard InChI is InChI=1S/C5H8FI/c1-3-4(2)5(6)7/h3,5H,1-2H3/b4-3+. The van der Waals surface area contributed by atoms with E-state index in [1.165, 1.54) is 0 Å². The third kappa shape index (κ3) is 3.02. The third-order valence-electron chi connectivity index (χ3n) is 0.800. The molecule has 0 fully saturated rings. The zero-order valence-corrected chi connectivity index (χ0v) is 6.57. The average molecular weight is 214 g/mol. The van der Waals surface area contributed by atoms with Crippen molar-refractivity contribution >= 4 is 22.6 Å². The summed E-state index contributed by atoms with van der Waals surface area (Å²) >= 11 is 1.73. The summed E-state index contributed by atoms with van der Waals surface area (Å²) in [4.78, 5) is 0. The van der Waals surface area contributed by atoms with E-state index in [0.29, 0.717) is 0 Å². The third-order valence-corrected chi connectivity index (χ3v) is 1.78. The first-order valence-electron chi connectivity index (χ1n) is 2.09. The fourth-order valence-electron chi connectivity index (χ4n) is 0.126. The lowest BCUT2D eigenvalue weighted by Crippen LogP contribution is -1.86. The van der Waals surface area contributed by atoms with Crippen molar-refractivity contribution in [2.24, 2.45) is 0 Å². The summed E-state index contributed by atoms with van der Waals surface area (Å²) in [5.41, 5.74) is 0.792. The molecule has 0 bridgehead atoms. The van der Waals surface area contributed by atoms with Crippen molar-refractivity contribution in [3.05, 3.63) is 11.6 Å². The van der Waals surface area contributed by atoms with E-state index in [-0.39, 0.29) is 0 Å². The molecule has 0 saturated carbocycles. The van der Waals surface area contributed by atoms with Crippen LogP contribution in [0, 0.1) is 0 Å². The molecule has 2 heteroatoms. The molecule has 1 unspecified atom stereocenters. The SMILES string of the molecule is C/C=C(\C)C(F)I. The average Bonchev–Trinajstić information content (AvgIpc) is 1.65. The van der Waals surface area contributed by atoms with Crippen LogP contribution in [0.1, 0.15) is 13.8 Å². The van der Waals surface area contributed by atoms with E-state index in [2.05, 4.69) is 0 Å². The largest absolute Gasteiger partial charge is 0.231 e. The molecule has 0 N–H and O–H groups in total. The summed E-state index contributed by atoms with van der Waals surface area (Å²) in [6.45, 7) is 3.61. The highest BCUT2D eigenvalue weighted by atomic mass is 127. The van der Waals surface area contributed by atoms with E-state index in [4.69, 9.17) is 0 Å². The van der Waals surface area contributed by atoms with Crippen LogP contribution in [0.3, 0.4) is 0 Å². The van der Waals surface area contributed by atoms with E-state index >= 15 is 0 Å². The molecular formula is C5H8FI. The minimum atomic E-state index is -0.803. The first-order chi connectivity index (χ1) is 3.18. The number of halogens is 2. The van der Waals surface area contributed by atoms with E-state index in [1.54, 1.807) is 35.6 Å². The minimum Gasteiger partial charge on any atom is -0.231 e. The highest BCUT2D eigenvalue weighted by Gasteiger charge is 1.97. The Labute approximate surface area is 56.9 Å². The Morgan fingerprint density at radius 1 is 1.86 bits per heavy atom. The van der Waals surface area contributed by atoms with Gasteiger partial charge in [-0.2, -0.15) is 0 Å². The molecule has 0 rings (SSSR count). The molecule has 0 radical (unpaired) electrons. The fourth-order valence-corrected chi connectivity index (χ4v) is 0.486. The molecule has 0 aliphatic heterocycles. The smallest absolute Gasteiger partial charge is 0.171 e. The van der Waals surface area contributed by atoms with Crippen LogP contribution in [0.2, 0.25) is 0 Å². The lowest BCUT2D eigenvalue weighted by atomic mass is 10.3. The number of rotatable bonds is 1. The molecule has 0 aromatic carbocycles. The Morgan fingerprint density at radius 3 is 2.29 bits per heavy atom. The summed E-state index contributed by atoms with van der Waals surface area (Å²) < 4.78 is 11.2. The van der Waals surface area contributed by atoms with Gasteiger partial charge in [-0.3, -0.25) is 0 Å². The molecule has 0 aliphatic carbocycles.